The first kappa shape index (κ1) is 23.9. The molecule has 9 nitrogen and oxygen atoms in total. The summed E-state index contributed by atoms with van der Waals surface area (Å²) in [6.07, 6.45) is 0.0921. The van der Waals surface area contributed by atoms with Crippen LogP contribution >= 0.6 is 0 Å². The summed E-state index contributed by atoms with van der Waals surface area (Å²) < 4.78 is 5.28. The molecule has 24 heavy (non-hydrogen) atoms. The van der Waals surface area contributed by atoms with Gasteiger partial charge < -0.3 is 46.4 Å². The lowest BCUT2D eigenvalue weighted by Gasteiger charge is -2.13. The summed E-state index contributed by atoms with van der Waals surface area (Å²) in [4.78, 5) is 17.6. The van der Waals surface area contributed by atoms with Crippen LogP contribution in [-0.2, 0) is 4.74 Å². The molecular formula is C14H37N5O4Si. The minimum atomic E-state index is -2.46. The molecule has 1 atom stereocenters. The molecule has 0 aromatic carbocycles. The third-order valence-corrected chi connectivity index (χ3v) is 4.12. The van der Waals surface area contributed by atoms with Crippen molar-refractivity contribution in [2.24, 2.45) is 5.73 Å². The van der Waals surface area contributed by atoms with Crippen LogP contribution in [0, 0.1) is 0 Å². The second kappa shape index (κ2) is 19.2. The highest BCUT2D eigenvalue weighted by Crippen LogP contribution is 1.94. The number of nitrogens with two attached hydrogens (primary N) is 1. The van der Waals surface area contributed by atoms with Crippen molar-refractivity contribution in [2.45, 2.75) is 18.6 Å². The van der Waals surface area contributed by atoms with Gasteiger partial charge in [-0.25, -0.2) is 0 Å². The number of hydrogen-bond donors (Lipinski definition) is 8. The number of aliphatic hydroxyl groups is 1. The van der Waals surface area contributed by atoms with E-state index in [4.69, 9.17) is 20.1 Å². The zero-order chi connectivity index (χ0) is 17.9. The molecule has 146 valence electrons. The molecule has 0 aliphatic carbocycles. The SMILES string of the molecule is NCCNCCNCCNCCNCC(O)COCCC[SiH](O)O. The Morgan fingerprint density at radius 1 is 0.875 bits per heavy atom. The summed E-state index contributed by atoms with van der Waals surface area (Å²) in [6, 6.07) is 0.430. The average molecular weight is 368 g/mol. The van der Waals surface area contributed by atoms with E-state index in [0.717, 1.165) is 45.8 Å². The maximum atomic E-state index is 9.70. The van der Waals surface area contributed by atoms with Gasteiger partial charge in [-0.15, -0.1) is 0 Å². The molecule has 0 heterocycles. The van der Waals surface area contributed by atoms with Gasteiger partial charge in [0.25, 0.3) is 0 Å². The smallest absolute Gasteiger partial charge is 0.316 e. The predicted octanol–water partition coefficient (Wildman–Crippen LogP) is -3.72. The van der Waals surface area contributed by atoms with Crippen molar-refractivity contribution in [3.8, 4) is 0 Å². The molecule has 0 aliphatic heterocycles. The molecule has 0 saturated carbocycles. The van der Waals surface area contributed by atoms with Gasteiger partial charge in [0.05, 0.1) is 12.7 Å². The fourth-order valence-electron chi connectivity index (χ4n) is 1.92. The van der Waals surface area contributed by atoms with E-state index in [1.165, 1.54) is 0 Å². The van der Waals surface area contributed by atoms with Gasteiger partial charge in [0, 0.05) is 65.5 Å². The van der Waals surface area contributed by atoms with Crippen LogP contribution in [0.15, 0.2) is 0 Å². The monoisotopic (exact) mass is 367 g/mol. The van der Waals surface area contributed by atoms with Crippen molar-refractivity contribution in [1.82, 2.24) is 21.3 Å². The zero-order valence-corrected chi connectivity index (χ0v) is 15.8. The predicted molar refractivity (Wildman–Crippen MR) is 98.4 cm³/mol. The summed E-state index contributed by atoms with van der Waals surface area (Å²) in [5, 5.41) is 22.7. The second-order valence-electron chi connectivity index (χ2n) is 5.59. The Morgan fingerprint density at radius 2 is 1.42 bits per heavy atom. The first-order chi connectivity index (χ1) is 11.7. The molecule has 0 fully saturated rings. The lowest BCUT2D eigenvalue weighted by atomic mass is 10.3. The molecule has 0 spiro atoms. The Morgan fingerprint density at radius 3 is 1.96 bits per heavy atom. The molecule has 0 bridgehead atoms. The van der Waals surface area contributed by atoms with Gasteiger partial charge in [0.15, 0.2) is 0 Å². The van der Waals surface area contributed by atoms with E-state index in [1.54, 1.807) is 0 Å². The van der Waals surface area contributed by atoms with Gasteiger partial charge in [-0.3, -0.25) is 0 Å². The number of hydrogen-bond acceptors (Lipinski definition) is 9. The Hall–Kier alpha value is -0.143. The topological polar surface area (TPSA) is 144 Å². The number of nitrogens with one attached hydrogen (secondary N) is 4. The van der Waals surface area contributed by atoms with Gasteiger partial charge >= 0.3 is 9.28 Å². The fraction of sp³-hybridized carbons (Fsp3) is 1.00. The van der Waals surface area contributed by atoms with Gasteiger partial charge in [-0.05, 0) is 12.5 Å². The van der Waals surface area contributed by atoms with Crippen LogP contribution in [0.3, 0.4) is 0 Å². The van der Waals surface area contributed by atoms with Gasteiger partial charge in [0.1, 0.15) is 0 Å². The average Bonchev–Trinajstić information content (AvgIpc) is 2.55. The fourth-order valence-corrected chi connectivity index (χ4v) is 2.45. The molecule has 0 saturated heterocycles. The molecule has 10 heteroatoms. The molecule has 0 aliphatic rings. The summed E-state index contributed by atoms with van der Waals surface area (Å²) in [5.41, 5.74) is 5.38. The third-order valence-electron chi connectivity index (χ3n) is 3.20. The lowest BCUT2D eigenvalue weighted by molar-refractivity contribution is 0.0371. The van der Waals surface area contributed by atoms with Gasteiger partial charge in [-0.2, -0.15) is 0 Å². The van der Waals surface area contributed by atoms with Crippen LogP contribution in [0.1, 0.15) is 6.42 Å². The maximum Gasteiger partial charge on any atom is 0.316 e. The summed E-state index contributed by atoms with van der Waals surface area (Å²) in [6.45, 7) is 8.08. The van der Waals surface area contributed by atoms with E-state index in [-0.39, 0.29) is 6.61 Å². The molecule has 9 N–H and O–H groups in total. The molecule has 0 aromatic heterocycles. The summed E-state index contributed by atoms with van der Waals surface area (Å²) >= 11 is 0. The van der Waals surface area contributed by atoms with Gasteiger partial charge in [0.2, 0.25) is 0 Å². The minimum Gasteiger partial charge on any atom is -0.413 e. The summed E-state index contributed by atoms with van der Waals surface area (Å²) in [7, 11) is -2.46. The van der Waals surface area contributed by atoms with Crippen LogP contribution in [0.2, 0.25) is 6.04 Å². The van der Waals surface area contributed by atoms with Crippen LogP contribution in [0.4, 0.5) is 0 Å². The zero-order valence-electron chi connectivity index (χ0n) is 14.7. The highest BCUT2D eigenvalue weighted by Gasteiger charge is 2.05. The van der Waals surface area contributed by atoms with E-state index in [1.807, 2.05) is 0 Å². The number of rotatable bonds is 19. The van der Waals surface area contributed by atoms with Crippen molar-refractivity contribution in [3.63, 3.8) is 0 Å². The van der Waals surface area contributed by atoms with E-state index in [2.05, 4.69) is 21.3 Å². The van der Waals surface area contributed by atoms with E-state index < -0.39 is 15.4 Å². The molecule has 0 radical (unpaired) electrons. The second-order valence-corrected chi connectivity index (χ2v) is 7.13. The highest BCUT2D eigenvalue weighted by molar-refractivity contribution is 6.40. The van der Waals surface area contributed by atoms with Crippen molar-refractivity contribution in [2.75, 3.05) is 72.1 Å². The maximum absolute atomic E-state index is 9.70. The van der Waals surface area contributed by atoms with Crippen LogP contribution in [0.25, 0.3) is 0 Å². The molecule has 0 rings (SSSR count). The standard InChI is InChI=1S/C14H37N5O4Si/c15-2-3-16-4-5-17-6-7-18-8-9-19-12-14(20)13-23-10-1-11-24(21)22/h14,16-22,24H,1-13,15H2. The van der Waals surface area contributed by atoms with Crippen molar-refractivity contribution >= 4 is 9.28 Å². The van der Waals surface area contributed by atoms with E-state index >= 15 is 0 Å². The van der Waals surface area contributed by atoms with Crippen molar-refractivity contribution in [3.05, 3.63) is 0 Å². The van der Waals surface area contributed by atoms with Crippen molar-refractivity contribution in [1.29, 1.82) is 0 Å². The van der Waals surface area contributed by atoms with Crippen LogP contribution in [0.5, 0.6) is 0 Å². The van der Waals surface area contributed by atoms with Crippen LogP contribution in [-0.4, -0.2) is 102 Å². The Kier molecular flexibility index (Phi) is 19.1. The van der Waals surface area contributed by atoms with Crippen LogP contribution < -0.4 is 27.0 Å². The summed E-state index contributed by atoms with van der Waals surface area (Å²) in [5.74, 6) is 0. The number of ether oxygens (including phenoxy) is 1. The first-order valence-electron chi connectivity index (χ1n) is 8.81. The third kappa shape index (κ3) is 19.9. The molecule has 0 amide bonds. The van der Waals surface area contributed by atoms with Gasteiger partial charge in [-0.1, -0.05) is 0 Å². The first-order valence-corrected chi connectivity index (χ1v) is 10.7. The van der Waals surface area contributed by atoms with E-state index in [0.29, 0.717) is 32.2 Å². The normalized spacial score (nSPS) is 12.9. The Bertz CT molecular complexity index is 255. The molecule has 1 unspecified atom stereocenters. The molecule has 0 aromatic rings. The number of aliphatic hydroxyl groups excluding tert-OH is 1. The highest BCUT2D eigenvalue weighted by atomic mass is 28.3. The Labute approximate surface area is 147 Å². The molecular weight excluding hydrogens is 330 g/mol. The largest absolute Gasteiger partial charge is 0.413 e. The Balaban J connectivity index is 3.12. The quantitative estimate of drug-likeness (QED) is 0.0853. The van der Waals surface area contributed by atoms with Crippen molar-refractivity contribution < 1.29 is 19.4 Å². The lowest BCUT2D eigenvalue weighted by Crippen LogP contribution is -2.37. The minimum absolute atomic E-state index is 0.269. The van der Waals surface area contributed by atoms with E-state index in [9.17, 15) is 5.11 Å².